The van der Waals surface area contributed by atoms with E-state index in [4.69, 9.17) is 0 Å². The van der Waals surface area contributed by atoms with Gasteiger partial charge in [-0.1, -0.05) is 6.92 Å². The van der Waals surface area contributed by atoms with E-state index in [1.165, 1.54) is 0 Å². The van der Waals surface area contributed by atoms with Gasteiger partial charge in [0.15, 0.2) is 0 Å². The minimum atomic E-state index is -0.482. The number of hydrogen-bond acceptors (Lipinski definition) is 2. The van der Waals surface area contributed by atoms with Gasteiger partial charge in [-0.25, -0.2) is 0 Å². The molecule has 1 aromatic rings. The SMILES string of the molecule is CCNC(C)(C)C(=O)N1CCCC1c1ccc[nH]1. The maximum atomic E-state index is 12.6. The third-order valence-corrected chi connectivity index (χ3v) is 3.65. The van der Waals surface area contributed by atoms with E-state index in [1.54, 1.807) is 0 Å². The molecule has 1 atom stereocenters. The summed E-state index contributed by atoms with van der Waals surface area (Å²) < 4.78 is 0. The van der Waals surface area contributed by atoms with Crippen LogP contribution in [0.2, 0.25) is 0 Å². The van der Waals surface area contributed by atoms with Crippen molar-refractivity contribution in [2.45, 2.75) is 45.2 Å². The summed E-state index contributed by atoms with van der Waals surface area (Å²) in [6.07, 6.45) is 4.05. The van der Waals surface area contributed by atoms with E-state index >= 15 is 0 Å². The fourth-order valence-electron chi connectivity index (χ4n) is 2.76. The van der Waals surface area contributed by atoms with Crippen LogP contribution in [-0.4, -0.2) is 34.4 Å². The Kier molecular flexibility index (Phi) is 3.76. The second-order valence-corrected chi connectivity index (χ2v) is 5.44. The van der Waals surface area contributed by atoms with Crippen LogP contribution in [0.4, 0.5) is 0 Å². The molecule has 0 saturated carbocycles. The molecule has 0 bridgehead atoms. The number of likely N-dealkylation sites (tertiary alicyclic amines) is 1. The number of carbonyl (C=O) groups excluding carboxylic acids is 1. The molecule has 2 heterocycles. The average Bonchev–Trinajstić information content (AvgIpc) is 2.98. The summed E-state index contributed by atoms with van der Waals surface area (Å²) in [5.41, 5.74) is 0.664. The predicted octanol–water partition coefficient (Wildman–Crippen LogP) is 2.07. The molecule has 4 heteroatoms. The van der Waals surface area contributed by atoms with Crippen molar-refractivity contribution in [2.75, 3.05) is 13.1 Å². The minimum Gasteiger partial charge on any atom is -0.363 e. The van der Waals surface area contributed by atoms with Crippen molar-refractivity contribution in [1.29, 1.82) is 0 Å². The fourth-order valence-corrected chi connectivity index (χ4v) is 2.76. The zero-order valence-electron chi connectivity index (χ0n) is 11.5. The van der Waals surface area contributed by atoms with Crippen LogP contribution in [-0.2, 0) is 4.79 Å². The molecule has 1 saturated heterocycles. The van der Waals surface area contributed by atoms with Gasteiger partial charge in [0.25, 0.3) is 0 Å². The Bertz CT molecular complexity index is 397. The topological polar surface area (TPSA) is 48.1 Å². The fraction of sp³-hybridized carbons (Fsp3) is 0.643. The third kappa shape index (κ3) is 2.43. The number of H-pyrrole nitrogens is 1. The molecule has 0 spiro atoms. The molecule has 1 aliphatic rings. The Labute approximate surface area is 109 Å². The summed E-state index contributed by atoms with van der Waals surface area (Å²) in [7, 11) is 0. The molecule has 4 nitrogen and oxygen atoms in total. The lowest BCUT2D eigenvalue weighted by Crippen LogP contribution is -2.53. The Morgan fingerprint density at radius 2 is 2.39 bits per heavy atom. The monoisotopic (exact) mass is 249 g/mol. The van der Waals surface area contributed by atoms with Crippen LogP contribution >= 0.6 is 0 Å². The van der Waals surface area contributed by atoms with Gasteiger partial charge >= 0.3 is 0 Å². The number of likely N-dealkylation sites (N-methyl/N-ethyl adjacent to an activating group) is 1. The van der Waals surface area contributed by atoms with Gasteiger partial charge in [0, 0.05) is 18.4 Å². The van der Waals surface area contributed by atoms with E-state index in [1.807, 2.05) is 37.9 Å². The number of nitrogens with one attached hydrogen (secondary N) is 2. The van der Waals surface area contributed by atoms with Gasteiger partial charge in [-0.15, -0.1) is 0 Å². The van der Waals surface area contributed by atoms with Gasteiger partial charge in [-0.3, -0.25) is 4.79 Å². The zero-order chi connectivity index (χ0) is 13.2. The highest BCUT2D eigenvalue weighted by molar-refractivity contribution is 5.86. The molecule has 1 fully saturated rings. The maximum absolute atomic E-state index is 12.6. The van der Waals surface area contributed by atoms with Gasteiger partial charge < -0.3 is 15.2 Å². The highest BCUT2D eigenvalue weighted by atomic mass is 16.2. The smallest absolute Gasteiger partial charge is 0.242 e. The maximum Gasteiger partial charge on any atom is 0.242 e. The molecule has 100 valence electrons. The molecular weight excluding hydrogens is 226 g/mol. The summed E-state index contributed by atoms with van der Waals surface area (Å²) in [6, 6.07) is 4.27. The van der Waals surface area contributed by atoms with Crippen LogP contribution in [0.5, 0.6) is 0 Å². The summed E-state index contributed by atoms with van der Waals surface area (Å²) in [5, 5.41) is 3.26. The van der Waals surface area contributed by atoms with E-state index in [2.05, 4.69) is 16.4 Å². The van der Waals surface area contributed by atoms with Crippen LogP contribution in [0.25, 0.3) is 0 Å². The van der Waals surface area contributed by atoms with Crippen LogP contribution in [0.1, 0.15) is 45.3 Å². The first kappa shape index (κ1) is 13.1. The van der Waals surface area contributed by atoms with Crippen molar-refractivity contribution < 1.29 is 4.79 Å². The van der Waals surface area contributed by atoms with Crippen LogP contribution in [0.15, 0.2) is 18.3 Å². The van der Waals surface area contributed by atoms with Crippen molar-refractivity contribution >= 4 is 5.91 Å². The second-order valence-electron chi connectivity index (χ2n) is 5.44. The predicted molar refractivity (Wildman–Crippen MR) is 72.2 cm³/mol. The van der Waals surface area contributed by atoms with Crippen LogP contribution in [0, 0.1) is 0 Å². The van der Waals surface area contributed by atoms with Gasteiger partial charge in [-0.05, 0) is 45.4 Å². The van der Waals surface area contributed by atoms with Gasteiger partial charge in [-0.2, -0.15) is 0 Å². The Morgan fingerprint density at radius 3 is 3.00 bits per heavy atom. The first-order valence-electron chi connectivity index (χ1n) is 6.75. The molecule has 0 radical (unpaired) electrons. The highest BCUT2D eigenvalue weighted by Gasteiger charge is 2.38. The lowest BCUT2D eigenvalue weighted by atomic mass is 10.0. The first-order chi connectivity index (χ1) is 8.56. The average molecular weight is 249 g/mol. The second kappa shape index (κ2) is 5.14. The van der Waals surface area contributed by atoms with Crippen molar-refractivity contribution in [1.82, 2.24) is 15.2 Å². The summed E-state index contributed by atoms with van der Waals surface area (Å²) >= 11 is 0. The summed E-state index contributed by atoms with van der Waals surface area (Å²) in [4.78, 5) is 17.9. The van der Waals surface area contributed by atoms with E-state index in [0.717, 1.165) is 31.6 Å². The van der Waals surface area contributed by atoms with Gasteiger partial charge in [0.2, 0.25) is 5.91 Å². The van der Waals surface area contributed by atoms with Crippen LogP contribution < -0.4 is 5.32 Å². The number of aromatic nitrogens is 1. The number of aromatic amines is 1. The molecule has 0 aromatic carbocycles. The van der Waals surface area contributed by atoms with Crippen LogP contribution in [0.3, 0.4) is 0 Å². The van der Waals surface area contributed by atoms with E-state index in [-0.39, 0.29) is 11.9 Å². The quantitative estimate of drug-likeness (QED) is 0.858. The molecule has 2 N–H and O–H groups in total. The van der Waals surface area contributed by atoms with E-state index < -0.39 is 5.54 Å². The lowest BCUT2D eigenvalue weighted by molar-refractivity contribution is -0.138. The number of rotatable bonds is 4. The minimum absolute atomic E-state index is 0.196. The van der Waals surface area contributed by atoms with Gasteiger partial charge in [0.1, 0.15) is 0 Å². The number of carbonyl (C=O) groups is 1. The molecule has 18 heavy (non-hydrogen) atoms. The molecule has 1 aromatic heterocycles. The Balaban J connectivity index is 2.14. The number of nitrogens with zero attached hydrogens (tertiary/aromatic N) is 1. The molecule has 1 amide bonds. The molecule has 1 aliphatic heterocycles. The standard InChI is InChI=1S/C14H23N3O/c1-4-16-14(2,3)13(18)17-10-6-8-12(17)11-7-5-9-15-11/h5,7,9,12,15-16H,4,6,8,10H2,1-3H3. The number of amides is 1. The summed E-state index contributed by atoms with van der Waals surface area (Å²) in [5.74, 6) is 0.196. The van der Waals surface area contributed by atoms with Crippen molar-refractivity contribution in [3.63, 3.8) is 0 Å². The van der Waals surface area contributed by atoms with E-state index in [0.29, 0.717) is 0 Å². The molecule has 2 rings (SSSR count). The molecule has 1 unspecified atom stereocenters. The van der Waals surface area contributed by atoms with Crippen molar-refractivity contribution in [3.05, 3.63) is 24.0 Å². The highest BCUT2D eigenvalue weighted by Crippen LogP contribution is 2.32. The first-order valence-corrected chi connectivity index (χ1v) is 6.75. The van der Waals surface area contributed by atoms with Crippen molar-refractivity contribution in [3.8, 4) is 0 Å². The van der Waals surface area contributed by atoms with Crippen molar-refractivity contribution in [2.24, 2.45) is 0 Å². The normalized spacial score (nSPS) is 20.4. The lowest BCUT2D eigenvalue weighted by Gasteiger charge is -2.33. The molecule has 0 aliphatic carbocycles. The third-order valence-electron chi connectivity index (χ3n) is 3.65. The largest absolute Gasteiger partial charge is 0.363 e. The zero-order valence-corrected chi connectivity index (χ0v) is 11.5. The summed E-state index contributed by atoms with van der Waals surface area (Å²) in [6.45, 7) is 7.62. The van der Waals surface area contributed by atoms with E-state index in [9.17, 15) is 4.79 Å². The van der Waals surface area contributed by atoms with Gasteiger partial charge in [0.05, 0.1) is 11.6 Å². The Hall–Kier alpha value is -1.29. The molecular formula is C14H23N3O. The Morgan fingerprint density at radius 1 is 1.61 bits per heavy atom. The number of hydrogen-bond donors (Lipinski definition) is 2.